The molecule has 0 bridgehead atoms. The minimum Gasteiger partial charge on any atom is -0.374 e. The van der Waals surface area contributed by atoms with Gasteiger partial charge in [0.2, 0.25) is 0 Å². The molecule has 0 saturated carbocycles. The van der Waals surface area contributed by atoms with Crippen LogP contribution < -0.4 is 0 Å². The average Bonchev–Trinajstić information content (AvgIpc) is 2.34. The van der Waals surface area contributed by atoms with E-state index < -0.39 is 0 Å². The van der Waals surface area contributed by atoms with Gasteiger partial charge in [0.1, 0.15) is 0 Å². The van der Waals surface area contributed by atoms with Crippen LogP contribution in [0.4, 0.5) is 0 Å². The zero-order chi connectivity index (χ0) is 13.5. The Morgan fingerprint density at radius 2 is 1.44 bits per heavy atom. The summed E-state index contributed by atoms with van der Waals surface area (Å²) in [5.74, 6) is 2.20. The summed E-state index contributed by atoms with van der Waals surface area (Å²) >= 11 is 0. The van der Waals surface area contributed by atoms with Crippen LogP contribution >= 0.6 is 0 Å². The zero-order valence-corrected chi connectivity index (χ0v) is 12.5. The molecular formula is C17H28O. The third-order valence-electron chi connectivity index (χ3n) is 3.69. The standard InChI is InChI=1S/C17H28O/c1-13(2)17(14(3)4)11-15(5)18-12-16-9-7-6-8-10-16/h6-10,13-15,17H,11-12H2,1-5H3. The van der Waals surface area contributed by atoms with Crippen LogP contribution in [0.2, 0.25) is 0 Å². The van der Waals surface area contributed by atoms with Gasteiger partial charge in [-0.05, 0) is 36.7 Å². The fourth-order valence-electron chi connectivity index (χ4n) is 2.58. The Morgan fingerprint density at radius 3 is 1.94 bits per heavy atom. The Morgan fingerprint density at radius 1 is 0.889 bits per heavy atom. The van der Waals surface area contributed by atoms with Gasteiger partial charge in [0.15, 0.2) is 0 Å². The molecule has 0 saturated heterocycles. The maximum Gasteiger partial charge on any atom is 0.0720 e. The van der Waals surface area contributed by atoms with Gasteiger partial charge in [-0.25, -0.2) is 0 Å². The molecule has 0 spiro atoms. The van der Waals surface area contributed by atoms with Crippen LogP contribution in [0.5, 0.6) is 0 Å². The lowest BCUT2D eigenvalue weighted by molar-refractivity contribution is 0.0247. The number of ether oxygens (including phenoxy) is 1. The molecule has 0 fully saturated rings. The van der Waals surface area contributed by atoms with E-state index in [1.165, 1.54) is 5.56 Å². The van der Waals surface area contributed by atoms with Crippen molar-refractivity contribution in [3.8, 4) is 0 Å². The average molecular weight is 248 g/mol. The van der Waals surface area contributed by atoms with Gasteiger partial charge >= 0.3 is 0 Å². The zero-order valence-electron chi connectivity index (χ0n) is 12.5. The lowest BCUT2D eigenvalue weighted by Gasteiger charge is -2.27. The normalized spacial score (nSPS) is 13.6. The van der Waals surface area contributed by atoms with Gasteiger partial charge in [-0.15, -0.1) is 0 Å². The Kier molecular flexibility index (Phi) is 6.42. The number of benzene rings is 1. The lowest BCUT2D eigenvalue weighted by atomic mass is 9.82. The van der Waals surface area contributed by atoms with Gasteiger partial charge in [-0.1, -0.05) is 58.0 Å². The smallest absolute Gasteiger partial charge is 0.0720 e. The molecule has 18 heavy (non-hydrogen) atoms. The highest BCUT2D eigenvalue weighted by Gasteiger charge is 2.20. The third-order valence-corrected chi connectivity index (χ3v) is 3.69. The van der Waals surface area contributed by atoms with Gasteiger partial charge in [-0.2, -0.15) is 0 Å². The van der Waals surface area contributed by atoms with Gasteiger partial charge in [0, 0.05) is 0 Å². The molecule has 0 aliphatic heterocycles. The molecule has 1 unspecified atom stereocenters. The van der Waals surface area contributed by atoms with Crippen LogP contribution in [-0.2, 0) is 11.3 Å². The summed E-state index contributed by atoms with van der Waals surface area (Å²) in [5.41, 5.74) is 1.26. The maximum absolute atomic E-state index is 5.96. The van der Waals surface area contributed by atoms with Crippen LogP contribution in [0.25, 0.3) is 0 Å². The summed E-state index contributed by atoms with van der Waals surface area (Å²) in [6.07, 6.45) is 1.49. The highest BCUT2D eigenvalue weighted by atomic mass is 16.5. The van der Waals surface area contributed by atoms with Crippen LogP contribution in [0.15, 0.2) is 30.3 Å². The van der Waals surface area contributed by atoms with Crippen molar-refractivity contribution in [1.82, 2.24) is 0 Å². The molecule has 1 aromatic rings. The van der Waals surface area contributed by atoms with Gasteiger partial charge in [0.25, 0.3) is 0 Å². The van der Waals surface area contributed by atoms with Crippen molar-refractivity contribution in [3.05, 3.63) is 35.9 Å². The van der Waals surface area contributed by atoms with E-state index in [1.807, 2.05) is 6.07 Å². The number of hydrogen-bond acceptors (Lipinski definition) is 1. The molecule has 0 amide bonds. The van der Waals surface area contributed by atoms with Crippen LogP contribution in [0, 0.1) is 17.8 Å². The summed E-state index contributed by atoms with van der Waals surface area (Å²) in [5, 5.41) is 0. The number of hydrogen-bond donors (Lipinski definition) is 0. The molecule has 0 heterocycles. The van der Waals surface area contributed by atoms with Crippen LogP contribution in [-0.4, -0.2) is 6.10 Å². The van der Waals surface area contributed by atoms with E-state index in [0.717, 1.165) is 30.8 Å². The topological polar surface area (TPSA) is 9.23 Å². The molecule has 1 rings (SSSR count). The summed E-state index contributed by atoms with van der Waals surface area (Å²) in [6.45, 7) is 12.2. The van der Waals surface area contributed by atoms with Gasteiger partial charge in [0.05, 0.1) is 12.7 Å². The Hall–Kier alpha value is -0.820. The van der Waals surface area contributed by atoms with E-state index >= 15 is 0 Å². The molecule has 0 N–H and O–H groups in total. The van der Waals surface area contributed by atoms with E-state index in [1.54, 1.807) is 0 Å². The summed E-state index contributed by atoms with van der Waals surface area (Å²) in [7, 11) is 0. The third kappa shape index (κ3) is 5.22. The first kappa shape index (κ1) is 15.2. The van der Waals surface area contributed by atoms with Crippen LogP contribution in [0.1, 0.15) is 46.6 Å². The van der Waals surface area contributed by atoms with Crippen molar-refractivity contribution in [2.75, 3.05) is 0 Å². The molecule has 0 aliphatic rings. The van der Waals surface area contributed by atoms with E-state index in [0.29, 0.717) is 6.10 Å². The Labute approximate surface area is 113 Å². The lowest BCUT2D eigenvalue weighted by Crippen LogP contribution is -2.22. The minimum absolute atomic E-state index is 0.333. The molecule has 1 aromatic carbocycles. The predicted molar refractivity (Wildman–Crippen MR) is 78.5 cm³/mol. The largest absolute Gasteiger partial charge is 0.374 e. The molecule has 0 aromatic heterocycles. The van der Waals surface area contributed by atoms with Gasteiger partial charge < -0.3 is 4.74 Å². The Balaban J connectivity index is 2.39. The van der Waals surface area contributed by atoms with Crippen molar-refractivity contribution < 1.29 is 4.74 Å². The molecule has 0 radical (unpaired) electrons. The van der Waals surface area contributed by atoms with E-state index in [9.17, 15) is 0 Å². The second-order valence-electron chi connectivity index (χ2n) is 5.99. The predicted octanol–water partition coefficient (Wildman–Crippen LogP) is 4.91. The van der Waals surface area contributed by atoms with Gasteiger partial charge in [-0.3, -0.25) is 0 Å². The summed E-state index contributed by atoms with van der Waals surface area (Å²) < 4.78 is 5.96. The molecule has 102 valence electrons. The van der Waals surface area contributed by atoms with Crippen molar-refractivity contribution in [3.63, 3.8) is 0 Å². The van der Waals surface area contributed by atoms with E-state index in [4.69, 9.17) is 4.74 Å². The minimum atomic E-state index is 0.333. The molecule has 1 atom stereocenters. The fraction of sp³-hybridized carbons (Fsp3) is 0.647. The summed E-state index contributed by atoms with van der Waals surface area (Å²) in [6, 6.07) is 10.4. The highest BCUT2D eigenvalue weighted by molar-refractivity contribution is 5.13. The van der Waals surface area contributed by atoms with Crippen molar-refractivity contribution >= 4 is 0 Å². The fourth-order valence-corrected chi connectivity index (χ4v) is 2.58. The van der Waals surface area contributed by atoms with Crippen molar-refractivity contribution in [1.29, 1.82) is 0 Å². The number of rotatable bonds is 7. The van der Waals surface area contributed by atoms with Crippen LogP contribution in [0.3, 0.4) is 0 Å². The second-order valence-corrected chi connectivity index (χ2v) is 5.99. The molecule has 1 nitrogen and oxygen atoms in total. The maximum atomic E-state index is 5.96. The first-order valence-electron chi connectivity index (χ1n) is 7.16. The van der Waals surface area contributed by atoms with Crippen molar-refractivity contribution in [2.24, 2.45) is 17.8 Å². The van der Waals surface area contributed by atoms with E-state index in [-0.39, 0.29) is 0 Å². The molecule has 1 heteroatoms. The first-order valence-corrected chi connectivity index (χ1v) is 7.16. The quantitative estimate of drug-likeness (QED) is 0.666. The van der Waals surface area contributed by atoms with Crippen molar-refractivity contribution in [2.45, 2.75) is 53.8 Å². The van der Waals surface area contributed by atoms with E-state index in [2.05, 4.69) is 58.9 Å². The molecule has 0 aliphatic carbocycles. The SMILES string of the molecule is CC(CC(C(C)C)C(C)C)OCc1ccccc1. The first-order chi connectivity index (χ1) is 8.50. The summed E-state index contributed by atoms with van der Waals surface area (Å²) in [4.78, 5) is 0. The Bertz CT molecular complexity index is 308. The molecular weight excluding hydrogens is 220 g/mol. The highest BCUT2D eigenvalue weighted by Crippen LogP contribution is 2.26. The monoisotopic (exact) mass is 248 g/mol. The second kappa shape index (κ2) is 7.58.